The third-order valence-electron chi connectivity index (χ3n) is 6.52. The summed E-state index contributed by atoms with van der Waals surface area (Å²) in [4.78, 5) is 18.7. The van der Waals surface area contributed by atoms with E-state index in [1.54, 1.807) is 0 Å². The van der Waals surface area contributed by atoms with Crippen molar-refractivity contribution in [2.45, 2.75) is 57.5 Å². The minimum absolute atomic E-state index is 0.135. The molecule has 1 atom stereocenters. The predicted octanol–water partition coefficient (Wildman–Crippen LogP) is 3.38. The van der Waals surface area contributed by atoms with E-state index in [1.165, 1.54) is 43.5 Å². The molecular formula is C20H34F3N3O. The molecule has 27 heavy (non-hydrogen) atoms. The normalized spacial score (nSPS) is 27.5. The van der Waals surface area contributed by atoms with Gasteiger partial charge in [-0.15, -0.1) is 0 Å². The summed E-state index contributed by atoms with van der Waals surface area (Å²) in [5.74, 6) is -0.672. The SMILES string of the molecule is O=C(CN1CCCN(CC2CCCCC2)CC1)N1CCCC(C(F)(F)F)C1. The number of alkyl halides is 3. The number of hydrogen-bond acceptors (Lipinski definition) is 3. The molecule has 0 bridgehead atoms. The number of piperidine rings is 1. The number of hydrogen-bond donors (Lipinski definition) is 0. The molecule has 156 valence electrons. The van der Waals surface area contributed by atoms with E-state index in [0.29, 0.717) is 13.0 Å². The summed E-state index contributed by atoms with van der Waals surface area (Å²) in [7, 11) is 0. The van der Waals surface area contributed by atoms with Gasteiger partial charge >= 0.3 is 6.18 Å². The van der Waals surface area contributed by atoms with E-state index in [4.69, 9.17) is 0 Å². The first-order valence-electron chi connectivity index (χ1n) is 10.7. The lowest BCUT2D eigenvalue weighted by Gasteiger charge is -2.35. The van der Waals surface area contributed by atoms with Gasteiger partial charge in [0.05, 0.1) is 12.5 Å². The zero-order chi connectivity index (χ0) is 19.3. The number of nitrogens with zero attached hydrogens (tertiary/aromatic N) is 3. The maximum Gasteiger partial charge on any atom is 0.393 e. The molecule has 2 saturated heterocycles. The molecule has 1 saturated carbocycles. The second-order valence-corrected chi connectivity index (χ2v) is 8.65. The van der Waals surface area contributed by atoms with Crippen LogP contribution in [0.2, 0.25) is 0 Å². The van der Waals surface area contributed by atoms with E-state index in [-0.39, 0.29) is 25.4 Å². The van der Waals surface area contributed by atoms with Crippen LogP contribution in [0.25, 0.3) is 0 Å². The highest BCUT2D eigenvalue weighted by molar-refractivity contribution is 5.78. The lowest BCUT2D eigenvalue weighted by atomic mass is 9.89. The molecule has 0 aromatic rings. The average molecular weight is 390 g/mol. The van der Waals surface area contributed by atoms with Gasteiger partial charge in [-0.3, -0.25) is 9.69 Å². The molecule has 1 amide bonds. The van der Waals surface area contributed by atoms with Crippen LogP contribution in [0.4, 0.5) is 13.2 Å². The fourth-order valence-electron chi connectivity index (χ4n) is 4.86. The largest absolute Gasteiger partial charge is 0.393 e. The highest BCUT2D eigenvalue weighted by Crippen LogP contribution is 2.33. The summed E-state index contributed by atoms with van der Waals surface area (Å²) in [6.07, 6.45) is 4.20. The Morgan fingerprint density at radius 3 is 2.26 bits per heavy atom. The van der Waals surface area contributed by atoms with Crippen molar-refractivity contribution in [3.63, 3.8) is 0 Å². The molecule has 0 spiro atoms. The number of likely N-dealkylation sites (tertiary alicyclic amines) is 1. The molecule has 0 N–H and O–H groups in total. The minimum Gasteiger partial charge on any atom is -0.341 e. The maximum atomic E-state index is 13.0. The van der Waals surface area contributed by atoms with Crippen molar-refractivity contribution in [1.29, 1.82) is 0 Å². The summed E-state index contributed by atoms with van der Waals surface area (Å²) >= 11 is 0. The second kappa shape index (κ2) is 9.59. The van der Waals surface area contributed by atoms with E-state index in [0.717, 1.165) is 38.5 Å². The molecule has 2 heterocycles. The Labute approximate surface area is 161 Å². The van der Waals surface area contributed by atoms with Crippen LogP contribution < -0.4 is 0 Å². The van der Waals surface area contributed by atoms with Crippen LogP contribution in [0.5, 0.6) is 0 Å². The Hall–Kier alpha value is -0.820. The maximum absolute atomic E-state index is 13.0. The van der Waals surface area contributed by atoms with Crippen LogP contribution in [-0.2, 0) is 4.79 Å². The fourth-order valence-corrected chi connectivity index (χ4v) is 4.86. The number of rotatable bonds is 4. The number of amides is 1. The summed E-state index contributed by atoms with van der Waals surface area (Å²) in [5, 5.41) is 0. The second-order valence-electron chi connectivity index (χ2n) is 8.65. The van der Waals surface area contributed by atoms with Crippen molar-refractivity contribution in [2.75, 3.05) is 52.4 Å². The van der Waals surface area contributed by atoms with E-state index in [1.807, 2.05) is 0 Å². The topological polar surface area (TPSA) is 26.8 Å². The first-order chi connectivity index (χ1) is 12.9. The predicted molar refractivity (Wildman–Crippen MR) is 99.4 cm³/mol. The zero-order valence-electron chi connectivity index (χ0n) is 16.4. The Bertz CT molecular complexity index is 480. The Kier molecular flexibility index (Phi) is 7.42. The Morgan fingerprint density at radius 1 is 0.815 bits per heavy atom. The minimum atomic E-state index is -4.19. The van der Waals surface area contributed by atoms with Gasteiger partial charge in [-0.1, -0.05) is 19.3 Å². The van der Waals surface area contributed by atoms with E-state index < -0.39 is 12.1 Å². The zero-order valence-corrected chi connectivity index (χ0v) is 16.4. The smallest absolute Gasteiger partial charge is 0.341 e. The molecule has 1 unspecified atom stereocenters. The summed E-state index contributed by atoms with van der Waals surface area (Å²) in [6.45, 7) is 5.48. The van der Waals surface area contributed by atoms with Gasteiger partial charge in [0.15, 0.2) is 0 Å². The molecule has 3 aliphatic rings. The number of carbonyl (C=O) groups excluding carboxylic acids is 1. The average Bonchev–Trinajstić information content (AvgIpc) is 2.87. The molecular weight excluding hydrogens is 355 g/mol. The quantitative estimate of drug-likeness (QED) is 0.738. The van der Waals surface area contributed by atoms with Crippen LogP contribution in [0, 0.1) is 11.8 Å². The van der Waals surface area contributed by atoms with Gasteiger partial charge in [-0.25, -0.2) is 0 Å². The Morgan fingerprint density at radius 2 is 1.52 bits per heavy atom. The highest BCUT2D eigenvalue weighted by atomic mass is 19.4. The van der Waals surface area contributed by atoms with Crippen molar-refractivity contribution in [2.24, 2.45) is 11.8 Å². The Balaban J connectivity index is 1.43. The van der Waals surface area contributed by atoms with E-state index in [2.05, 4.69) is 9.80 Å². The molecule has 0 radical (unpaired) electrons. The van der Waals surface area contributed by atoms with Gasteiger partial charge in [-0.05, 0) is 51.1 Å². The van der Waals surface area contributed by atoms with Crippen molar-refractivity contribution in [3.05, 3.63) is 0 Å². The van der Waals surface area contributed by atoms with E-state index in [9.17, 15) is 18.0 Å². The van der Waals surface area contributed by atoms with Gasteiger partial charge in [0.2, 0.25) is 5.91 Å². The third-order valence-corrected chi connectivity index (χ3v) is 6.52. The van der Waals surface area contributed by atoms with Crippen LogP contribution in [-0.4, -0.2) is 79.1 Å². The molecule has 2 aliphatic heterocycles. The van der Waals surface area contributed by atoms with Gasteiger partial charge in [-0.2, -0.15) is 13.2 Å². The molecule has 3 rings (SSSR count). The van der Waals surface area contributed by atoms with Gasteiger partial charge in [0, 0.05) is 32.7 Å². The molecule has 4 nitrogen and oxygen atoms in total. The first kappa shape index (κ1) is 20.9. The lowest BCUT2D eigenvalue weighted by Crippen LogP contribution is -2.48. The monoisotopic (exact) mass is 389 g/mol. The summed E-state index contributed by atoms with van der Waals surface area (Å²) in [5.41, 5.74) is 0. The van der Waals surface area contributed by atoms with Crippen molar-refractivity contribution in [1.82, 2.24) is 14.7 Å². The molecule has 3 fully saturated rings. The highest BCUT2D eigenvalue weighted by Gasteiger charge is 2.42. The third kappa shape index (κ3) is 6.34. The lowest BCUT2D eigenvalue weighted by molar-refractivity contribution is -0.188. The van der Waals surface area contributed by atoms with Gasteiger partial charge in [0.25, 0.3) is 0 Å². The van der Waals surface area contributed by atoms with Crippen LogP contribution in [0.3, 0.4) is 0 Å². The van der Waals surface area contributed by atoms with Crippen LogP contribution >= 0.6 is 0 Å². The molecule has 0 aromatic carbocycles. The molecule has 7 heteroatoms. The van der Waals surface area contributed by atoms with Crippen LogP contribution in [0.15, 0.2) is 0 Å². The van der Waals surface area contributed by atoms with Crippen molar-refractivity contribution in [3.8, 4) is 0 Å². The van der Waals surface area contributed by atoms with Gasteiger partial charge in [0.1, 0.15) is 0 Å². The van der Waals surface area contributed by atoms with Crippen molar-refractivity contribution >= 4 is 5.91 Å². The standard InChI is InChI=1S/C20H34F3N3O/c21-20(22,23)18-8-4-11-26(15-18)19(27)16-25-10-5-9-24(12-13-25)14-17-6-2-1-3-7-17/h17-18H,1-16H2. The van der Waals surface area contributed by atoms with E-state index >= 15 is 0 Å². The number of halogens is 3. The number of carbonyl (C=O) groups is 1. The van der Waals surface area contributed by atoms with Crippen molar-refractivity contribution < 1.29 is 18.0 Å². The fraction of sp³-hybridized carbons (Fsp3) is 0.950. The summed E-state index contributed by atoms with van der Waals surface area (Å²) < 4.78 is 38.9. The van der Waals surface area contributed by atoms with Crippen LogP contribution in [0.1, 0.15) is 51.4 Å². The summed E-state index contributed by atoms with van der Waals surface area (Å²) in [6, 6.07) is 0. The molecule has 1 aliphatic carbocycles. The molecule has 0 aromatic heterocycles. The van der Waals surface area contributed by atoms with Gasteiger partial charge < -0.3 is 9.80 Å². The first-order valence-corrected chi connectivity index (χ1v) is 10.7.